The lowest BCUT2D eigenvalue weighted by atomic mass is 10.2. The van der Waals surface area contributed by atoms with Gasteiger partial charge in [-0.3, -0.25) is 4.99 Å². The van der Waals surface area contributed by atoms with Gasteiger partial charge in [0, 0.05) is 22.1 Å². The predicted octanol–water partition coefficient (Wildman–Crippen LogP) is 5.07. The Hall–Kier alpha value is -2.04. The van der Waals surface area contributed by atoms with Crippen molar-refractivity contribution in [1.82, 2.24) is 4.98 Å². The van der Waals surface area contributed by atoms with Gasteiger partial charge in [0.15, 0.2) is 5.88 Å². The number of hydrogen-bond acceptors (Lipinski definition) is 2. The average molecular weight is 323 g/mol. The van der Waals surface area contributed by atoms with Gasteiger partial charge in [-0.15, -0.1) is 0 Å². The van der Waals surface area contributed by atoms with Crippen molar-refractivity contribution in [2.45, 2.75) is 0 Å². The van der Waals surface area contributed by atoms with E-state index < -0.39 is 5.82 Å². The number of nitrogens with zero attached hydrogens (tertiary/aromatic N) is 1. The summed E-state index contributed by atoms with van der Waals surface area (Å²) in [6.07, 6.45) is 1.42. The van der Waals surface area contributed by atoms with Gasteiger partial charge in [-0.1, -0.05) is 23.2 Å². The topological polar surface area (TPSA) is 48.4 Å². The molecule has 21 heavy (non-hydrogen) atoms. The summed E-state index contributed by atoms with van der Waals surface area (Å²) < 4.78 is 13.3. The number of rotatable bonds is 2. The molecule has 0 amide bonds. The zero-order valence-electron chi connectivity index (χ0n) is 10.6. The highest BCUT2D eigenvalue weighted by Crippen LogP contribution is 2.30. The molecule has 0 unspecified atom stereocenters. The molecule has 0 spiro atoms. The highest BCUT2D eigenvalue weighted by Gasteiger charge is 2.10. The minimum absolute atomic E-state index is 0.0856. The summed E-state index contributed by atoms with van der Waals surface area (Å²) in [4.78, 5) is 6.96. The molecule has 0 aliphatic heterocycles. The van der Waals surface area contributed by atoms with E-state index in [1.807, 2.05) is 0 Å². The van der Waals surface area contributed by atoms with Crippen LogP contribution in [-0.4, -0.2) is 16.3 Å². The molecule has 3 aromatic rings. The Morgan fingerprint density at radius 2 is 1.95 bits per heavy atom. The maximum atomic E-state index is 13.3. The van der Waals surface area contributed by atoms with Crippen molar-refractivity contribution in [3.63, 3.8) is 0 Å². The van der Waals surface area contributed by atoms with Crippen LogP contribution >= 0.6 is 23.2 Å². The Morgan fingerprint density at radius 3 is 2.76 bits per heavy atom. The summed E-state index contributed by atoms with van der Waals surface area (Å²) in [5.74, 6) is -0.477. The number of aromatic hydroxyl groups is 1. The number of halogens is 3. The minimum Gasteiger partial charge on any atom is -0.494 e. The summed E-state index contributed by atoms with van der Waals surface area (Å²) in [5.41, 5.74) is 1.47. The maximum Gasteiger partial charge on any atom is 0.198 e. The Kier molecular flexibility index (Phi) is 3.57. The smallest absolute Gasteiger partial charge is 0.198 e. The second-order valence-electron chi connectivity index (χ2n) is 4.43. The SMILES string of the molecule is Oc1[nH]c2ccc(F)cc2c1C=Nc1cc(Cl)ccc1Cl. The summed E-state index contributed by atoms with van der Waals surface area (Å²) in [7, 11) is 0. The number of benzene rings is 2. The third-order valence-corrected chi connectivity index (χ3v) is 3.58. The number of fused-ring (bicyclic) bond motifs is 1. The van der Waals surface area contributed by atoms with Crippen LogP contribution in [0.25, 0.3) is 10.9 Å². The molecule has 6 heteroatoms. The van der Waals surface area contributed by atoms with E-state index in [0.717, 1.165) is 0 Å². The zero-order valence-corrected chi connectivity index (χ0v) is 12.1. The lowest BCUT2D eigenvalue weighted by molar-refractivity contribution is 0.457. The maximum absolute atomic E-state index is 13.3. The molecule has 0 fully saturated rings. The molecular weight excluding hydrogens is 314 g/mol. The van der Waals surface area contributed by atoms with Gasteiger partial charge in [-0.2, -0.15) is 0 Å². The number of aliphatic imine (C=N–C) groups is 1. The number of aromatic amines is 1. The molecule has 2 N–H and O–H groups in total. The number of nitrogens with one attached hydrogen (secondary N) is 1. The van der Waals surface area contributed by atoms with Gasteiger partial charge in [-0.05, 0) is 36.4 Å². The van der Waals surface area contributed by atoms with Gasteiger partial charge in [0.05, 0.1) is 16.3 Å². The fourth-order valence-electron chi connectivity index (χ4n) is 2.02. The van der Waals surface area contributed by atoms with Gasteiger partial charge in [0.25, 0.3) is 0 Å². The molecule has 106 valence electrons. The van der Waals surface area contributed by atoms with E-state index in [0.29, 0.717) is 32.2 Å². The number of hydrogen-bond donors (Lipinski definition) is 2. The van der Waals surface area contributed by atoms with E-state index in [9.17, 15) is 9.50 Å². The van der Waals surface area contributed by atoms with E-state index in [1.165, 1.54) is 18.3 Å². The van der Waals surface area contributed by atoms with Crippen molar-refractivity contribution in [2.75, 3.05) is 0 Å². The van der Waals surface area contributed by atoms with Crippen LogP contribution in [0.2, 0.25) is 10.0 Å². The molecule has 3 nitrogen and oxygen atoms in total. The van der Waals surface area contributed by atoms with Crippen LogP contribution in [0, 0.1) is 5.82 Å². The van der Waals surface area contributed by atoms with E-state index in [4.69, 9.17) is 23.2 Å². The fourth-order valence-corrected chi connectivity index (χ4v) is 2.35. The molecular formula is C15H9Cl2FN2O. The van der Waals surface area contributed by atoms with Crippen molar-refractivity contribution < 1.29 is 9.50 Å². The van der Waals surface area contributed by atoms with Gasteiger partial charge in [0.1, 0.15) is 5.82 Å². The Morgan fingerprint density at radius 1 is 1.14 bits per heavy atom. The normalized spacial score (nSPS) is 11.6. The number of aromatic nitrogens is 1. The van der Waals surface area contributed by atoms with Gasteiger partial charge >= 0.3 is 0 Å². The summed E-state index contributed by atoms with van der Waals surface area (Å²) in [6, 6.07) is 9.08. The molecule has 3 rings (SSSR count). The molecule has 1 heterocycles. The lowest BCUT2D eigenvalue weighted by Gasteiger charge is -1.98. The first-order chi connectivity index (χ1) is 10.0. The van der Waals surface area contributed by atoms with Gasteiger partial charge in [-0.25, -0.2) is 4.39 Å². The molecule has 2 aromatic carbocycles. The molecule has 0 saturated heterocycles. The Bertz CT molecular complexity index is 858. The standard InChI is InChI=1S/C15H9Cl2FN2O/c16-8-1-3-12(17)14(5-8)19-7-11-10-6-9(18)2-4-13(10)20-15(11)21/h1-7,20-21H. The molecule has 0 atom stereocenters. The Balaban J connectivity index is 2.09. The van der Waals surface area contributed by atoms with Crippen molar-refractivity contribution >= 4 is 46.0 Å². The van der Waals surface area contributed by atoms with Gasteiger partial charge < -0.3 is 10.1 Å². The van der Waals surface area contributed by atoms with Crippen LogP contribution in [0.5, 0.6) is 5.88 Å². The second-order valence-corrected chi connectivity index (χ2v) is 5.27. The van der Waals surface area contributed by atoms with Crippen LogP contribution in [0.4, 0.5) is 10.1 Å². The third kappa shape index (κ3) is 2.73. The van der Waals surface area contributed by atoms with Crippen molar-refractivity contribution in [2.24, 2.45) is 4.99 Å². The van der Waals surface area contributed by atoms with Crippen LogP contribution < -0.4 is 0 Å². The molecule has 0 radical (unpaired) electrons. The quantitative estimate of drug-likeness (QED) is 0.636. The average Bonchev–Trinajstić information content (AvgIpc) is 2.75. The Labute approximate surface area is 129 Å². The van der Waals surface area contributed by atoms with Crippen LogP contribution in [0.15, 0.2) is 41.4 Å². The highest BCUT2D eigenvalue weighted by molar-refractivity contribution is 6.35. The summed E-state index contributed by atoms with van der Waals surface area (Å²) in [5, 5.41) is 11.4. The summed E-state index contributed by atoms with van der Waals surface area (Å²) in [6.45, 7) is 0. The lowest BCUT2D eigenvalue weighted by Crippen LogP contribution is -1.81. The van der Waals surface area contributed by atoms with E-state index in [-0.39, 0.29) is 5.88 Å². The highest BCUT2D eigenvalue weighted by atomic mass is 35.5. The van der Waals surface area contributed by atoms with Crippen molar-refractivity contribution in [3.05, 3.63) is 57.8 Å². The molecule has 1 aromatic heterocycles. The zero-order chi connectivity index (χ0) is 15.0. The van der Waals surface area contributed by atoms with Crippen LogP contribution in [-0.2, 0) is 0 Å². The first kappa shape index (κ1) is 13.9. The first-order valence-corrected chi connectivity index (χ1v) is 6.79. The van der Waals surface area contributed by atoms with E-state index >= 15 is 0 Å². The first-order valence-electron chi connectivity index (χ1n) is 6.04. The van der Waals surface area contributed by atoms with Crippen LogP contribution in [0.1, 0.15) is 5.56 Å². The van der Waals surface area contributed by atoms with E-state index in [1.54, 1.807) is 24.3 Å². The molecule has 0 bridgehead atoms. The third-order valence-electron chi connectivity index (χ3n) is 3.02. The monoisotopic (exact) mass is 322 g/mol. The second kappa shape index (κ2) is 5.39. The van der Waals surface area contributed by atoms with Gasteiger partial charge in [0.2, 0.25) is 0 Å². The number of H-pyrrole nitrogens is 1. The minimum atomic E-state index is -0.392. The molecule has 0 saturated carbocycles. The van der Waals surface area contributed by atoms with Crippen molar-refractivity contribution in [3.8, 4) is 5.88 Å². The van der Waals surface area contributed by atoms with Crippen molar-refractivity contribution in [1.29, 1.82) is 0 Å². The van der Waals surface area contributed by atoms with Crippen LogP contribution in [0.3, 0.4) is 0 Å². The molecule has 0 aliphatic carbocycles. The molecule has 0 aliphatic rings. The largest absolute Gasteiger partial charge is 0.494 e. The predicted molar refractivity (Wildman–Crippen MR) is 83.6 cm³/mol. The summed E-state index contributed by atoms with van der Waals surface area (Å²) >= 11 is 11.9. The fraction of sp³-hybridized carbons (Fsp3) is 0. The van der Waals surface area contributed by atoms with E-state index in [2.05, 4.69) is 9.98 Å².